The van der Waals surface area contributed by atoms with Gasteiger partial charge in [-0.2, -0.15) is 4.31 Å². The highest BCUT2D eigenvalue weighted by Crippen LogP contribution is 2.32. The zero-order valence-corrected chi connectivity index (χ0v) is 18.6. The standard InChI is InChI=1S/C22H28N2O5S/c1-15-7-5-8-16(2)21(15)23-22(25)17-9-6-12-24(14-17)30(26,27)18-10-11-19(28-3)20(13-18)29-4/h5,7-8,10-11,13,17H,6,9,12,14H2,1-4H3,(H,23,25)/t17-/m0/s1. The Morgan fingerprint density at radius 2 is 1.73 bits per heavy atom. The van der Waals surface area contributed by atoms with E-state index in [1.54, 1.807) is 6.07 Å². The van der Waals surface area contributed by atoms with Crippen molar-refractivity contribution in [2.45, 2.75) is 31.6 Å². The highest BCUT2D eigenvalue weighted by Gasteiger charge is 2.34. The van der Waals surface area contributed by atoms with E-state index in [9.17, 15) is 13.2 Å². The molecule has 30 heavy (non-hydrogen) atoms. The van der Waals surface area contributed by atoms with Gasteiger partial charge in [-0.05, 0) is 49.9 Å². The summed E-state index contributed by atoms with van der Waals surface area (Å²) in [4.78, 5) is 13.0. The van der Waals surface area contributed by atoms with E-state index in [1.807, 2.05) is 32.0 Å². The molecule has 0 bridgehead atoms. The second-order valence-electron chi connectivity index (χ2n) is 7.48. The van der Waals surface area contributed by atoms with Gasteiger partial charge in [-0.15, -0.1) is 0 Å². The first-order valence-electron chi connectivity index (χ1n) is 9.87. The molecule has 1 aliphatic rings. The van der Waals surface area contributed by atoms with E-state index in [0.717, 1.165) is 16.8 Å². The Hall–Kier alpha value is -2.58. The van der Waals surface area contributed by atoms with Gasteiger partial charge in [0.25, 0.3) is 0 Å². The van der Waals surface area contributed by atoms with Gasteiger partial charge in [0, 0.05) is 24.8 Å². The quantitative estimate of drug-likeness (QED) is 0.757. The molecular weight excluding hydrogens is 404 g/mol. The summed E-state index contributed by atoms with van der Waals surface area (Å²) in [6, 6.07) is 10.3. The van der Waals surface area contributed by atoms with Crippen LogP contribution in [-0.2, 0) is 14.8 Å². The third-order valence-corrected chi connectivity index (χ3v) is 7.34. The van der Waals surface area contributed by atoms with Gasteiger partial charge in [-0.3, -0.25) is 4.79 Å². The van der Waals surface area contributed by atoms with Crippen LogP contribution < -0.4 is 14.8 Å². The fraction of sp³-hybridized carbons (Fsp3) is 0.409. The molecule has 7 nitrogen and oxygen atoms in total. The zero-order chi connectivity index (χ0) is 21.9. The molecule has 1 amide bonds. The molecule has 0 aliphatic carbocycles. The number of nitrogens with zero attached hydrogens (tertiary/aromatic N) is 1. The number of piperidine rings is 1. The van der Waals surface area contributed by atoms with Gasteiger partial charge in [-0.25, -0.2) is 8.42 Å². The fourth-order valence-electron chi connectivity index (χ4n) is 3.74. The van der Waals surface area contributed by atoms with E-state index in [1.165, 1.54) is 30.7 Å². The molecule has 1 aliphatic heterocycles. The van der Waals surface area contributed by atoms with E-state index >= 15 is 0 Å². The van der Waals surface area contributed by atoms with Gasteiger partial charge >= 0.3 is 0 Å². The summed E-state index contributed by atoms with van der Waals surface area (Å²) in [7, 11) is -0.800. The van der Waals surface area contributed by atoms with Gasteiger partial charge < -0.3 is 14.8 Å². The number of para-hydroxylation sites is 1. The number of sulfonamides is 1. The molecule has 0 spiro atoms. The fourth-order valence-corrected chi connectivity index (χ4v) is 5.28. The highest BCUT2D eigenvalue weighted by atomic mass is 32.2. The van der Waals surface area contributed by atoms with Crippen molar-refractivity contribution >= 4 is 21.6 Å². The number of hydrogen-bond donors (Lipinski definition) is 1. The molecule has 2 aromatic carbocycles. The number of aryl methyl sites for hydroxylation is 2. The van der Waals surface area contributed by atoms with E-state index in [4.69, 9.17) is 9.47 Å². The van der Waals surface area contributed by atoms with Crippen molar-refractivity contribution in [3.05, 3.63) is 47.5 Å². The summed E-state index contributed by atoms with van der Waals surface area (Å²) in [5.74, 6) is 0.244. The van der Waals surface area contributed by atoms with Crippen molar-refractivity contribution in [2.24, 2.45) is 5.92 Å². The summed E-state index contributed by atoms with van der Waals surface area (Å²) in [5, 5.41) is 3.00. The van der Waals surface area contributed by atoms with Gasteiger partial charge in [0.05, 0.1) is 25.0 Å². The van der Waals surface area contributed by atoms with Crippen LogP contribution in [0.25, 0.3) is 0 Å². The lowest BCUT2D eigenvalue weighted by Crippen LogP contribution is -2.43. The topological polar surface area (TPSA) is 84.9 Å². The summed E-state index contributed by atoms with van der Waals surface area (Å²) >= 11 is 0. The van der Waals surface area contributed by atoms with Crippen LogP contribution in [0.15, 0.2) is 41.3 Å². The number of carbonyl (C=O) groups is 1. The molecule has 1 heterocycles. The van der Waals surface area contributed by atoms with Gasteiger partial charge in [0.1, 0.15) is 0 Å². The van der Waals surface area contributed by atoms with E-state index in [0.29, 0.717) is 30.9 Å². The van der Waals surface area contributed by atoms with Crippen LogP contribution in [0.1, 0.15) is 24.0 Å². The number of nitrogens with one attached hydrogen (secondary N) is 1. The average Bonchev–Trinajstić information content (AvgIpc) is 2.75. The molecule has 8 heteroatoms. The molecule has 2 aromatic rings. The third-order valence-electron chi connectivity index (χ3n) is 5.48. The Bertz CT molecular complexity index is 1020. The smallest absolute Gasteiger partial charge is 0.243 e. The predicted octanol–water partition coefficient (Wildman–Crippen LogP) is 3.36. The van der Waals surface area contributed by atoms with Crippen LogP contribution in [-0.4, -0.2) is 45.9 Å². The first kappa shape index (κ1) is 22.1. The molecule has 0 radical (unpaired) electrons. The summed E-state index contributed by atoms with van der Waals surface area (Å²) in [6.07, 6.45) is 1.27. The minimum Gasteiger partial charge on any atom is -0.493 e. The molecule has 162 valence electrons. The van der Waals surface area contributed by atoms with Gasteiger partial charge in [-0.1, -0.05) is 18.2 Å². The minimum atomic E-state index is -3.76. The number of methoxy groups -OCH3 is 2. The SMILES string of the molecule is COc1ccc(S(=O)(=O)N2CCC[C@H](C(=O)Nc3c(C)cccc3C)C2)cc1OC. The summed E-state index contributed by atoms with van der Waals surface area (Å²) in [6.45, 7) is 4.41. The van der Waals surface area contributed by atoms with Crippen LogP contribution in [0.5, 0.6) is 11.5 Å². The molecule has 1 N–H and O–H groups in total. The van der Waals surface area contributed by atoms with Crippen molar-refractivity contribution in [3.8, 4) is 11.5 Å². The molecule has 1 fully saturated rings. The maximum absolute atomic E-state index is 13.2. The first-order valence-corrected chi connectivity index (χ1v) is 11.3. The van der Waals surface area contributed by atoms with Crippen LogP contribution >= 0.6 is 0 Å². The number of anilines is 1. The lowest BCUT2D eigenvalue weighted by molar-refractivity contribution is -0.120. The van der Waals surface area contributed by atoms with E-state index in [-0.39, 0.29) is 17.3 Å². The maximum atomic E-state index is 13.2. The molecule has 3 rings (SSSR count). The molecule has 0 unspecified atom stereocenters. The van der Waals surface area contributed by atoms with Crippen LogP contribution in [0.4, 0.5) is 5.69 Å². The lowest BCUT2D eigenvalue weighted by Gasteiger charge is -2.31. The second-order valence-corrected chi connectivity index (χ2v) is 9.41. The number of amides is 1. The largest absolute Gasteiger partial charge is 0.493 e. The van der Waals surface area contributed by atoms with Gasteiger partial charge in [0.2, 0.25) is 15.9 Å². The van der Waals surface area contributed by atoms with Crippen LogP contribution in [0.3, 0.4) is 0 Å². The first-order chi connectivity index (χ1) is 14.3. The Balaban J connectivity index is 1.79. The summed E-state index contributed by atoms with van der Waals surface area (Å²) in [5.41, 5.74) is 2.75. The lowest BCUT2D eigenvalue weighted by atomic mass is 9.98. The molecule has 1 atom stereocenters. The Kier molecular flexibility index (Phi) is 6.67. The second kappa shape index (κ2) is 9.06. The highest BCUT2D eigenvalue weighted by molar-refractivity contribution is 7.89. The Labute approximate surface area is 178 Å². The van der Waals surface area contributed by atoms with E-state index < -0.39 is 15.9 Å². The van der Waals surface area contributed by atoms with Crippen molar-refractivity contribution < 1.29 is 22.7 Å². The molecule has 0 aromatic heterocycles. The summed E-state index contributed by atoms with van der Waals surface area (Å²) < 4.78 is 38.2. The minimum absolute atomic E-state index is 0.121. The van der Waals surface area contributed by atoms with Crippen molar-refractivity contribution in [3.63, 3.8) is 0 Å². The molecular formula is C22H28N2O5S. The Morgan fingerprint density at radius 1 is 1.07 bits per heavy atom. The van der Waals surface area contributed by atoms with Crippen molar-refractivity contribution in [1.29, 1.82) is 0 Å². The predicted molar refractivity (Wildman–Crippen MR) is 116 cm³/mol. The normalized spacial score (nSPS) is 17.4. The van der Waals surface area contributed by atoms with Crippen LogP contribution in [0.2, 0.25) is 0 Å². The van der Waals surface area contributed by atoms with Gasteiger partial charge in [0.15, 0.2) is 11.5 Å². The maximum Gasteiger partial charge on any atom is 0.243 e. The number of hydrogen-bond acceptors (Lipinski definition) is 5. The zero-order valence-electron chi connectivity index (χ0n) is 17.8. The monoisotopic (exact) mass is 432 g/mol. The number of benzene rings is 2. The van der Waals surface area contributed by atoms with E-state index in [2.05, 4.69) is 5.32 Å². The third kappa shape index (κ3) is 4.44. The number of carbonyl (C=O) groups excluding carboxylic acids is 1. The van der Waals surface area contributed by atoms with Crippen molar-refractivity contribution in [2.75, 3.05) is 32.6 Å². The average molecular weight is 433 g/mol. The van der Waals surface area contributed by atoms with Crippen molar-refractivity contribution in [1.82, 2.24) is 4.31 Å². The molecule has 0 saturated carbocycles. The molecule has 1 saturated heterocycles. The van der Waals surface area contributed by atoms with Crippen LogP contribution in [0, 0.1) is 19.8 Å². The number of rotatable bonds is 6. The Morgan fingerprint density at radius 3 is 2.37 bits per heavy atom. The number of ether oxygens (including phenoxy) is 2.